The fraction of sp³-hybridized carbons (Fsp3) is 0.545. The number of morpholine rings is 1. The quantitative estimate of drug-likeness (QED) is 0.340. The number of aliphatic imine (C=N–C) groups is 1. The molecule has 1 aliphatic heterocycles. The monoisotopic (exact) mass is 511 g/mol. The molecule has 1 aromatic carbocycles. The van der Waals surface area contributed by atoms with Gasteiger partial charge in [0.2, 0.25) is 0 Å². The molecule has 2 aromatic rings. The molecule has 6 nitrogen and oxygen atoms in total. The number of aromatic nitrogens is 1. The molecule has 2 heterocycles. The van der Waals surface area contributed by atoms with Crippen LogP contribution in [0.3, 0.4) is 0 Å². The van der Waals surface area contributed by atoms with Crippen LogP contribution in [-0.4, -0.2) is 68.3 Å². The molecule has 2 N–H and O–H groups in total. The summed E-state index contributed by atoms with van der Waals surface area (Å²) in [6.07, 6.45) is 2.77. The largest absolute Gasteiger partial charge is 0.379 e. The van der Waals surface area contributed by atoms with Gasteiger partial charge in [0.05, 0.1) is 18.7 Å². The van der Waals surface area contributed by atoms with Crippen molar-refractivity contribution in [1.82, 2.24) is 20.5 Å². The average molecular weight is 511 g/mol. The second kappa shape index (κ2) is 12.3. The summed E-state index contributed by atoms with van der Waals surface area (Å²) in [7, 11) is 1.83. The molecular formula is C22H34IN5O. The summed E-state index contributed by atoms with van der Waals surface area (Å²) in [5, 5.41) is 8.15. The third-order valence-corrected chi connectivity index (χ3v) is 5.39. The van der Waals surface area contributed by atoms with Gasteiger partial charge in [-0.3, -0.25) is 14.9 Å². The first-order chi connectivity index (χ1) is 13.7. The van der Waals surface area contributed by atoms with Crippen LogP contribution in [0.5, 0.6) is 0 Å². The summed E-state index contributed by atoms with van der Waals surface area (Å²) in [6, 6.07) is 10.9. The fourth-order valence-electron chi connectivity index (χ4n) is 3.80. The number of nitrogens with one attached hydrogen (secondary N) is 2. The second-order valence-electron chi connectivity index (χ2n) is 7.58. The molecule has 1 saturated heterocycles. The maximum absolute atomic E-state index is 5.50. The third-order valence-electron chi connectivity index (χ3n) is 5.39. The molecule has 0 radical (unpaired) electrons. The van der Waals surface area contributed by atoms with Crippen LogP contribution in [0.1, 0.15) is 19.4 Å². The summed E-state index contributed by atoms with van der Waals surface area (Å²) >= 11 is 0. The molecule has 7 heteroatoms. The number of pyridine rings is 1. The summed E-state index contributed by atoms with van der Waals surface area (Å²) in [4.78, 5) is 11.5. The summed E-state index contributed by atoms with van der Waals surface area (Å²) in [5.74, 6) is 1.43. The lowest BCUT2D eigenvalue weighted by molar-refractivity contribution is 0.00752. The number of fused-ring (bicyclic) bond motifs is 1. The number of guanidine groups is 1. The molecule has 160 valence electrons. The predicted octanol–water partition coefficient (Wildman–Crippen LogP) is 2.92. The van der Waals surface area contributed by atoms with E-state index < -0.39 is 0 Å². The van der Waals surface area contributed by atoms with Gasteiger partial charge >= 0.3 is 0 Å². The Bertz CT molecular complexity index is 771. The molecule has 1 unspecified atom stereocenters. The molecule has 1 atom stereocenters. The normalized spacial score (nSPS) is 16.5. The number of ether oxygens (including phenoxy) is 1. The average Bonchev–Trinajstić information content (AvgIpc) is 2.73. The van der Waals surface area contributed by atoms with E-state index in [1.165, 1.54) is 10.9 Å². The number of nitrogens with zero attached hydrogens (tertiary/aromatic N) is 3. The van der Waals surface area contributed by atoms with E-state index in [4.69, 9.17) is 4.74 Å². The molecule has 0 bridgehead atoms. The van der Waals surface area contributed by atoms with Gasteiger partial charge in [-0.2, -0.15) is 0 Å². The van der Waals surface area contributed by atoms with Crippen LogP contribution >= 0.6 is 24.0 Å². The summed E-state index contributed by atoms with van der Waals surface area (Å²) in [6.45, 7) is 9.93. The SMILES string of the molecule is CN=C(NCCc1cccc2cccnc12)NCC(C(C)C)N1CCOCC1.I. The Morgan fingerprint density at radius 3 is 2.66 bits per heavy atom. The molecule has 1 fully saturated rings. The maximum atomic E-state index is 5.50. The first kappa shape index (κ1) is 23.8. The highest BCUT2D eigenvalue weighted by atomic mass is 127. The first-order valence-corrected chi connectivity index (χ1v) is 10.3. The minimum absolute atomic E-state index is 0. The highest BCUT2D eigenvalue weighted by Gasteiger charge is 2.23. The van der Waals surface area contributed by atoms with E-state index in [0.717, 1.165) is 57.3 Å². The van der Waals surface area contributed by atoms with Gasteiger partial charge < -0.3 is 15.4 Å². The van der Waals surface area contributed by atoms with Crippen molar-refractivity contribution in [1.29, 1.82) is 0 Å². The van der Waals surface area contributed by atoms with Crippen LogP contribution in [0.4, 0.5) is 0 Å². The van der Waals surface area contributed by atoms with Crippen molar-refractivity contribution in [2.24, 2.45) is 10.9 Å². The van der Waals surface area contributed by atoms with Gasteiger partial charge in [0.1, 0.15) is 0 Å². The van der Waals surface area contributed by atoms with Crippen molar-refractivity contribution in [3.63, 3.8) is 0 Å². The molecule has 3 rings (SSSR count). The Morgan fingerprint density at radius 1 is 1.17 bits per heavy atom. The lowest BCUT2D eigenvalue weighted by Gasteiger charge is -2.37. The Hall–Kier alpha value is -1.45. The predicted molar refractivity (Wildman–Crippen MR) is 131 cm³/mol. The number of hydrogen-bond donors (Lipinski definition) is 2. The van der Waals surface area contributed by atoms with Gasteiger partial charge in [-0.15, -0.1) is 24.0 Å². The Morgan fingerprint density at radius 2 is 1.93 bits per heavy atom. The van der Waals surface area contributed by atoms with Crippen LogP contribution < -0.4 is 10.6 Å². The lowest BCUT2D eigenvalue weighted by atomic mass is 10.0. The van der Waals surface area contributed by atoms with Crippen molar-refractivity contribution in [2.45, 2.75) is 26.3 Å². The molecular weight excluding hydrogens is 477 g/mol. The van der Waals surface area contributed by atoms with E-state index in [-0.39, 0.29) is 24.0 Å². The number of para-hydroxylation sites is 1. The topological polar surface area (TPSA) is 61.8 Å². The number of hydrogen-bond acceptors (Lipinski definition) is 4. The van der Waals surface area contributed by atoms with Gasteiger partial charge in [-0.05, 0) is 24.0 Å². The van der Waals surface area contributed by atoms with E-state index in [1.807, 2.05) is 19.3 Å². The smallest absolute Gasteiger partial charge is 0.191 e. The third kappa shape index (κ3) is 6.79. The van der Waals surface area contributed by atoms with Crippen LogP contribution in [-0.2, 0) is 11.2 Å². The van der Waals surface area contributed by atoms with E-state index in [0.29, 0.717) is 12.0 Å². The zero-order valence-corrected chi connectivity index (χ0v) is 20.1. The minimum Gasteiger partial charge on any atom is -0.379 e. The maximum Gasteiger partial charge on any atom is 0.191 e. The second-order valence-corrected chi connectivity index (χ2v) is 7.58. The van der Waals surface area contributed by atoms with Crippen molar-refractivity contribution in [3.05, 3.63) is 42.1 Å². The fourth-order valence-corrected chi connectivity index (χ4v) is 3.80. The van der Waals surface area contributed by atoms with Gasteiger partial charge in [-0.25, -0.2) is 0 Å². The summed E-state index contributed by atoms with van der Waals surface area (Å²) in [5.41, 5.74) is 2.34. The number of benzene rings is 1. The Labute approximate surface area is 191 Å². The number of rotatable bonds is 7. The number of halogens is 1. The van der Waals surface area contributed by atoms with Crippen molar-refractivity contribution in [2.75, 3.05) is 46.4 Å². The van der Waals surface area contributed by atoms with E-state index in [9.17, 15) is 0 Å². The standard InChI is InChI=1S/C22H33N5O.HI/c1-17(2)20(27-12-14-28-15-13-27)16-26-22(23-3)25-11-9-19-7-4-6-18-8-5-10-24-21(18)19;/h4-8,10,17,20H,9,11-16H2,1-3H3,(H2,23,25,26);1H. The molecule has 29 heavy (non-hydrogen) atoms. The summed E-state index contributed by atoms with van der Waals surface area (Å²) < 4.78 is 5.50. The van der Waals surface area contributed by atoms with Crippen molar-refractivity contribution in [3.8, 4) is 0 Å². The molecule has 0 saturated carbocycles. The van der Waals surface area contributed by atoms with Crippen LogP contribution in [0, 0.1) is 5.92 Å². The van der Waals surface area contributed by atoms with Gasteiger partial charge in [-0.1, -0.05) is 38.1 Å². The molecule has 1 aliphatic rings. The van der Waals surface area contributed by atoms with Crippen LogP contribution in [0.15, 0.2) is 41.5 Å². The van der Waals surface area contributed by atoms with Crippen molar-refractivity contribution < 1.29 is 4.74 Å². The molecule has 0 amide bonds. The highest BCUT2D eigenvalue weighted by Crippen LogP contribution is 2.16. The Balaban J connectivity index is 0.00000300. The molecule has 0 spiro atoms. The molecule has 1 aromatic heterocycles. The van der Waals surface area contributed by atoms with E-state index >= 15 is 0 Å². The van der Waals surface area contributed by atoms with Crippen molar-refractivity contribution >= 4 is 40.8 Å². The van der Waals surface area contributed by atoms with Gasteiger partial charge in [0.25, 0.3) is 0 Å². The zero-order chi connectivity index (χ0) is 19.8. The lowest BCUT2D eigenvalue weighted by Crippen LogP contribution is -2.52. The first-order valence-electron chi connectivity index (χ1n) is 10.3. The molecule has 0 aliphatic carbocycles. The van der Waals surface area contributed by atoms with Crippen LogP contribution in [0.25, 0.3) is 10.9 Å². The highest BCUT2D eigenvalue weighted by molar-refractivity contribution is 14.0. The zero-order valence-electron chi connectivity index (χ0n) is 17.7. The van der Waals surface area contributed by atoms with Gasteiger partial charge in [0, 0.05) is 50.9 Å². The minimum atomic E-state index is 0. The van der Waals surface area contributed by atoms with Gasteiger partial charge in [0.15, 0.2) is 5.96 Å². The Kier molecular flexibility index (Phi) is 10.1. The van der Waals surface area contributed by atoms with E-state index in [1.54, 1.807) is 0 Å². The van der Waals surface area contributed by atoms with E-state index in [2.05, 4.69) is 63.6 Å². The van der Waals surface area contributed by atoms with Crippen LogP contribution in [0.2, 0.25) is 0 Å².